The van der Waals surface area contributed by atoms with E-state index in [1.807, 2.05) is 13.0 Å². The van der Waals surface area contributed by atoms with Gasteiger partial charge >= 0.3 is 6.18 Å². The van der Waals surface area contributed by atoms with Crippen LogP contribution in [0.2, 0.25) is 0 Å². The molecule has 1 aliphatic rings. The Morgan fingerprint density at radius 3 is 2.57 bits per heavy atom. The molecule has 0 atom stereocenters. The molecule has 160 valence electrons. The molecule has 0 radical (unpaired) electrons. The Morgan fingerprint density at radius 1 is 1.20 bits per heavy atom. The SMILES string of the molecule is CCc1c(NC(=O)C=Cc2ccccc2C(F)(F)F)ccc2c1CN(C)CC2(C)C. The summed E-state index contributed by atoms with van der Waals surface area (Å²) in [5.41, 5.74) is 3.50. The number of fused-ring (bicyclic) bond motifs is 1. The minimum absolute atomic E-state index is 0.00992. The lowest BCUT2D eigenvalue weighted by Crippen LogP contribution is -2.40. The first kappa shape index (κ1) is 22.1. The second-order valence-electron chi connectivity index (χ2n) is 8.44. The van der Waals surface area contributed by atoms with Gasteiger partial charge in [0.15, 0.2) is 0 Å². The van der Waals surface area contributed by atoms with Crippen LogP contribution in [0.4, 0.5) is 18.9 Å². The Bertz CT molecular complexity index is 977. The van der Waals surface area contributed by atoms with Crippen LogP contribution in [0, 0.1) is 0 Å². The molecular weight excluding hydrogens is 389 g/mol. The fourth-order valence-electron chi connectivity index (χ4n) is 4.35. The van der Waals surface area contributed by atoms with Crippen LogP contribution in [-0.2, 0) is 29.4 Å². The summed E-state index contributed by atoms with van der Waals surface area (Å²) in [7, 11) is 2.08. The van der Waals surface area contributed by atoms with Gasteiger partial charge in [-0.25, -0.2) is 0 Å². The minimum Gasteiger partial charge on any atom is -0.322 e. The molecule has 0 saturated heterocycles. The van der Waals surface area contributed by atoms with E-state index in [-0.39, 0.29) is 11.0 Å². The van der Waals surface area contributed by atoms with E-state index in [0.29, 0.717) is 5.69 Å². The highest BCUT2D eigenvalue weighted by atomic mass is 19.4. The highest BCUT2D eigenvalue weighted by molar-refractivity contribution is 6.02. The number of hydrogen-bond donors (Lipinski definition) is 1. The van der Waals surface area contributed by atoms with Gasteiger partial charge in [-0.1, -0.05) is 45.0 Å². The molecule has 1 N–H and O–H groups in total. The van der Waals surface area contributed by atoms with Crippen molar-refractivity contribution in [2.75, 3.05) is 18.9 Å². The van der Waals surface area contributed by atoms with E-state index in [4.69, 9.17) is 0 Å². The van der Waals surface area contributed by atoms with Crippen molar-refractivity contribution in [1.82, 2.24) is 4.90 Å². The lowest BCUT2D eigenvalue weighted by Gasteiger charge is -2.39. The summed E-state index contributed by atoms with van der Waals surface area (Å²) in [5, 5.41) is 2.86. The molecule has 3 rings (SSSR count). The van der Waals surface area contributed by atoms with Crippen molar-refractivity contribution < 1.29 is 18.0 Å². The zero-order chi connectivity index (χ0) is 22.1. The molecule has 1 aliphatic heterocycles. The molecular formula is C24H27F3N2O. The summed E-state index contributed by atoms with van der Waals surface area (Å²) in [6, 6.07) is 9.17. The van der Waals surface area contributed by atoms with Gasteiger partial charge in [-0.2, -0.15) is 13.2 Å². The van der Waals surface area contributed by atoms with Crippen LogP contribution in [0.25, 0.3) is 6.08 Å². The Balaban J connectivity index is 1.87. The van der Waals surface area contributed by atoms with Gasteiger partial charge < -0.3 is 10.2 Å². The fourth-order valence-corrected chi connectivity index (χ4v) is 4.35. The molecule has 6 heteroatoms. The average molecular weight is 416 g/mol. The van der Waals surface area contributed by atoms with E-state index in [1.165, 1.54) is 35.4 Å². The topological polar surface area (TPSA) is 32.3 Å². The smallest absolute Gasteiger partial charge is 0.322 e. The quantitative estimate of drug-likeness (QED) is 0.654. The van der Waals surface area contributed by atoms with Crippen LogP contribution in [0.3, 0.4) is 0 Å². The van der Waals surface area contributed by atoms with Crippen molar-refractivity contribution in [1.29, 1.82) is 0 Å². The van der Waals surface area contributed by atoms with Crippen molar-refractivity contribution in [3.63, 3.8) is 0 Å². The first-order chi connectivity index (χ1) is 14.0. The van der Waals surface area contributed by atoms with Gasteiger partial charge in [0.05, 0.1) is 5.56 Å². The third-order valence-corrected chi connectivity index (χ3v) is 5.55. The molecule has 1 heterocycles. The largest absolute Gasteiger partial charge is 0.416 e. The van der Waals surface area contributed by atoms with Crippen LogP contribution >= 0.6 is 0 Å². The summed E-state index contributed by atoms with van der Waals surface area (Å²) >= 11 is 0. The summed E-state index contributed by atoms with van der Waals surface area (Å²) in [6.45, 7) is 8.22. The lowest BCUT2D eigenvalue weighted by molar-refractivity contribution is -0.137. The lowest BCUT2D eigenvalue weighted by atomic mass is 9.76. The number of alkyl halides is 3. The monoisotopic (exact) mass is 416 g/mol. The number of hydrogen-bond acceptors (Lipinski definition) is 2. The Labute approximate surface area is 175 Å². The predicted molar refractivity (Wildman–Crippen MR) is 114 cm³/mol. The van der Waals surface area contributed by atoms with Crippen molar-refractivity contribution in [2.45, 2.75) is 45.3 Å². The Morgan fingerprint density at radius 2 is 1.90 bits per heavy atom. The number of halogens is 3. The van der Waals surface area contributed by atoms with Crippen LogP contribution in [0.15, 0.2) is 42.5 Å². The number of nitrogens with one attached hydrogen (secondary N) is 1. The number of carbonyl (C=O) groups excluding carboxylic acids is 1. The van der Waals surface area contributed by atoms with Crippen LogP contribution in [0.5, 0.6) is 0 Å². The van der Waals surface area contributed by atoms with E-state index < -0.39 is 17.6 Å². The first-order valence-electron chi connectivity index (χ1n) is 10.0. The molecule has 2 aromatic rings. The highest BCUT2D eigenvalue weighted by Crippen LogP contribution is 2.37. The second kappa shape index (κ2) is 8.26. The van der Waals surface area contributed by atoms with Crippen LogP contribution in [0.1, 0.15) is 48.6 Å². The molecule has 0 aromatic heterocycles. The van der Waals surface area contributed by atoms with Gasteiger partial charge in [0.25, 0.3) is 0 Å². The van der Waals surface area contributed by atoms with Crippen molar-refractivity contribution in [3.05, 3.63) is 70.3 Å². The maximum absolute atomic E-state index is 13.1. The molecule has 30 heavy (non-hydrogen) atoms. The van der Waals surface area contributed by atoms with E-state index >= 15 is 0 Å². The zero-order valence-corrected chi connectivity index (χ0v) is 17.7. The van der Waals surface area contributed by atoms with E-state index in [9.17, 15) is 18.0 Å². The number of rotatable bonds is 4. The Kier molecular flexibility index (Phi) is 6.09. The van der Waals surface area contributed by atoms with Crippen LogP contribution < -0.4 is 5.32 Å². The minimum atomic E-state index is -4.47. The molecule has 2 aromatic carbocycles. The number of carbonyl (C=O) groups is 1. The molecule has 0 fully saturated rings. The Hall–Kier alpha value is -2.60. The van der Waals surface area contributed by atoms with Gasteiger partial charge in [0.1, 0.15) is 0 Å². The third-order valence-electron chi connectivity index (χ3n) is 5.55. The van der Waals surface area contributed by atoms with Crippen LogP contribution in [-0.4, -0.2) is 24.4 Å². The van der Waals surface area contributed by atoms with E-state index in [1.54, 1.807) is 0 Å². The summed E-state index contributed by atoms with van der Waals surface area (Å²) in [4.78, 5) is 14.8. The molecule has 3 nitrogen and oxygen atoms in total. The molecule has 0 spiro atoms. The van der Waals surface area contributed by atoms with Gasteiger partial charge in [0, 0.05) is 30.3 Å². The average Bonchev–Trinajstić information content (AvgIpc) is 2.65. The second-order valence-corrected chi connectivity index (χ2v) is 8.44. The zero-order valence-electron chi connectivity index (χ0n) is 17.7. The summed E-state index contributed by atoms with van der Waals surface area (Å²) in [5.74, 6) is -0.454. The standard InChI is InChI=1S/C24H27F3N2O/c1-5-17-18-14-29(4)15-23(2,3)20(18)11-12-21(17)28-22(30)13-10-16-8-6-7-9-19(16)24(25,26)27/h6-13H,5,14-15H2,1-4H3,(H,28,30). The molecule has 1 amide bonds. The highest BCUT2D eigenvalue weighted by Gasteiger charge is 2.33. The van der Waals surface area contributed by atoms with Gasteiger partial charge in [-0.15, -0.1) is 0 Å². The number of amides is 1. The van der Waals surface area contributed by atoms with Gasteiger partial charge in [0.2, 0.25) is 5.91 Å². The first-order valence-corrected chi connectivity index (χ1v) is 10.0. The number of anilines is 1. The number of nitrogens with zero attached hydrogens (tertiary/aromatic N) is 1. The number of likely N-dealkylation sites (N-methyl/N-ethyl adjacent to an activating group) is 1. The van der Waals surface area contributed by atoms with Gasteiger partial charge in [-0.3, -0.25) is 4.79 Å². The van der Waals surface area contributed by atoms with E-state index in [2.05, 4.69) is 37.2 Å². The molecule has 0 aliphatic carbocycles. The maximum Gasteiger partial charge on any atom is 0.416 e. The van der Waals surface area contributed by atoms with Crippen molar-refractivity contribution in [2.24, 2.45) is 0 Å². The van der Waals surface area contributed by atoms with Gasteiger partial charge in [-0.05, 0) is 53.9 Å². The van der Waals surface area contributed by atoms with Crippen molar-refractivity contribution in [3.8, 4) is 0 Å². The normalized spacial score (nSPS) is 16.5. The maximum atomic E-state index is 13.1. The molecule has 0 bridgehead atoms. The van der Waals surface area contributed by atoms with E-state index in [0.717, 1.165) is 37.2 Å². The summed E-state index contributed by atoms with van der Waals surface area (Å²) in [6.07, 6.45) is -1.36. The van der Waals surface area contributed by atoms with Crippen molar-refractivity contribution >= 4 is 17.7 Å². The molecule has 0 saturated carbocycles. The number of benzene rings is 2. The fraction of sp³-hybridized carbons (Fsp3) is 0.375. The predicted octanol–water partition coefficient (Wildman–Crippen LogP) is 5.64. The third kappa shape index (κ3) is 4.59. The molecule has 0 unspecified atom stereocenters. The summed E-state index contributed by atoms with van der Waals surface area (Å²) < 4.78 is 39.4.